The highest BCUT2D eigenvalue weighted by atomic mass is 16.5. The molecule has 0 amide bonds. The molecule has 0 aliphatic rings. The van der Waals surface area contributed by atoms with Gasteiger partial charge in [0.1, 0.15) is 5.75 Å². The average molecular weight is 250 g/mol. The molecule has 0 radical (unpaired) electrons. The molecule has 0 bridgehead atoms. The molecule has 1 heterocycles. The number of aryl methyl sites for hydroxylation is 2. The van der Waals surface area contributed by atoms with E-state index in [1.807, 2.05) is 13.1 Å². The summed E-state index contributed by atoms with van der Waals surface area (Å²) in [5.74, 6) is 0.981. The second-order valence-electron chi connectivity index (χ2n) is 4.94. The fourth-order valence-corrected chi connectivity index (χ4v) is 2.17. The summed E-state index contributed by atoms with van der Waals surface area (Å²) < 4.78 is 5.43. The van der Waals surface area contributed by atoms with E-state index in [2.05, 4.69) is 31.1 Å². The van der Waals surface area contributed by atoms with Crippen molar-refractivity contribution in [3.8, 4) is 5.75 Å². The Morgan fingerprint density at radius 1 is 1.39 bits per heavy atom. The van der Waals surface area contributed by atoms with Crippen LogP contribution in [0.2, 0.25) is 0 Å². The number of nitrogens with zero attached hydrogens (tertiary/aromatic N) is 1. The summed E-state index contributed by atoms with van der Waals surface area (Å²) in [6.45, 7) is 9.64. The summed E-state index contributed by atoms with van der Waals surface area (Å²) in [4.78, 5) is 4.53. The SMILES string of the molecule is CCCNC(C)CCc1ncc(C)c(OC)c1C. The minimum atomic E-state index is 0.540. The molecule has 1 rings (SSSR count). The van der Waals surface area contributed by atoms with Crippen LogP contribution in [0.1, 0.15) is 43.5 Å². The monoisotopic (exact) mass is 250 g/mol. The zero-order valence-electron chi connectivity index (χ0n) is 12.3. The van der Waals surface area contributed by atoms with Gasteiger partial charge in [0.15, 0.2) is 0 Å². The van der Waals surface area contributed by atoms with E-state index >= 15 is 0 Å². The Hall–Kier alpha value is -1.09. The maximum absolute atomic E-state index is 5.43. The lowest BCUT2D eigenvalue weighted by atomic mass is 10.0. The molecule has 3 nitrogen and oxygen atoms in total. The topological polar surface area (TPSA) is 34.2 Å². The summed E-state index contributed by atoms with van der Waals surface area (Å²) in [6.07, 6.45) is 5.20. The lowest BCUT2D eigenvalue weighted by Crippen LogP contribution is -2.27. The Kier molecular flexibility index (Phi) is 6.13. The highest BCUT2D eigenvalue weighted by Crippen LogP contribution is 2.24. The van der Waals surface area contributed by atoms with Crippen molar-refractivity contribution in [3.05, 3.63) is 23.0 Å². The smallest absolute Gasteiger partial charge is 0.128 e. The number of hydrogen-bond acceptors (Lipinski definition) is 3. The van der Waals surface area contributed by atoms with Crippen molar-refractivity contribution >= 4 is 0 Å². The molecule has 0 spiro atoms. The highest BCUT2D eigenvalue weighted by molar-refractivity contribution is 5.41. The van der Waals surface area contributed by atoms with Crippen LogP contribution in [-0.2, 0) is 6.42 Å². The van der Waals surface area contributed by atoms with Gasteiger partial charge in [0, 0.05) is 29.1 Å². The molecule has 0 aliphatic heterocycles. The molecule has 18 heavy (non-hydrogen) atoms. The maximum atomic E-state index is 5.43. The zero-order chi connectivity index (χ0) is 13.5. The van der Waals surface area contributed by atoms with Gasteiger partial charge in [-0.2, -0.15) is 0 Å². The first-order chi connectivity index (χ1) is 8.60. The van der Waals surface area contributed by atoms with Crippen molar-refractivity contribution in [2.24, 2.45) is 0 Å². The zero-order valence-corrected chi connectivity index (χ0v) is 12.3. The Morgan fingerprint density at radius 2 is 2.11 bits per heavy atom. The van der Waals surface area contributed by atoms with Crippen molar-refractivity contribution in [1.29, 1.82) is 0 Å². The Bertz CT molecular complexity index is 377. The van der Waals surface area contributed by atoms with Crippen molar-refractivity contribution < 1.29 is 4.74 Å². The number of ether oxygens (including phenoxy) is 1. The molecule has 1 unspecified atom stereocenters. The standard InChI is InChI=1S/C15H26N2O/c1-6-9-16-12(3)7-8-14-13(4)15(18-5)11(2)10-17-14/h10,12,16H,6-9H2,1-5H3. The van der Waals surface area contributed by atoms with Crippen LogP contribution in [0.5, 0.6) is 5.75 Å². The Labute approximate surface area is 111 Å². The molecule has 1 aromatic heterocycles. The van der Waals surface area contributed by atoms with Crippen molar-refractivity contribution in [3.63, 3.8) is 0 Å². The molecule has 1 atom stereocenters. The first-order valence-electron chi connectivity index (χ1n) is 6.82. The summed E-state index contributed by atoms with van der Waals surface area (Å²) in [6, 6.07) is 0.540. The summed E-state index contributed by atoms with van der Waals surface area (Å²) in [5, 5.41) is 3.50. The van der Waals surface area contributed by atoms with Gasteiger partial charge in [0.05, 0.1) is 7.11 Å². The third-order valence-electron chi connectivity index (χ3n) is 3.31. The number of rotatable bonds is 7. The fraction of sp³-hybridized carbons (Fsp3) is 0.667. The van der Waals surface area contributed by atoms with Crippen molar-refractivity contribution in [1.82, 2.24) is 10.3 Å². The third-order valence-corrected chi connectivity index (χ3v) is 3.31. The van der Waals surface area contributed by atoms with Gasteiger partial charge < -0.3 is 10.1 Å². The van der Waals surface area contributed by atoms with Crippen LogP contribution in [0.15, 0.2) is 6.20 Å². The van der Waals surface area contributed by atoms with E-state index in [0.717, 1.165) is 36.4 Å². The quantitative estimate of drug-likeness (QED) is 0.807. The molecular formula is C15H26N2O. The molecule has 0 aliphatic carbocycles. The Morgan fingerprint density at radius 3 is 2.72 bits per heavy atom. The Balaban J connectivity index is 2.62. The second kappa shape index (κ2) is 7.37. The number of hydrogen-bond donors (Lipinski definition) is 1. The number of aromatic nitrogens is 1. The van der Waals surface area contributed by atoms with E-state index in [4.69, 9.17) is 4.74 Å². The van der Waals surface area contributed by atoms with Gasteiger partial charge in [-0.1, -0.05) is 6.92 Å². The van der Waals surface area contributed by atoms with E-state index < -0.39 is 0 Å². The van der Waals surface area contributed by atoms with E-state index in [9.17, 15) is 0 Å². The second-order valence-corrected chi connectivity index (χ2v) is 4.94. The molecule has 0 saturated carbocycles. The fourth-order valence-electron chi connectivity index (χ4n) is 2.17. The van der Waals surface area contributed by atoms with Crippen LogP contribution >= 0.6 is 0 Å². The normalized spacial score (nSPS) is 12.5. The molecule has 0 fully saturated rings. The van der Waals surface area contributed by atoms with Crippen LogP contribution in [0, 0.1) is 13.8 Å². The van der Waals surface area contributed by atoms with E-state index in [-0.39, 0.29) is 0 Å². The van der Waals surface area contributed by atoms with E-state index in [1.165, 1.54) is 12.0 Å². The van der Waals surface area contributed by atoms with Gasteiger partial charge in [-0.15, -0.1) is 0 Å². The highest BCUT2D eigenvalue weighted by Gasteiger charge is 2.10. The summed E-state index contributed by atoms with van der Waals surface area (Å²) >= 11 is 0. The van der Waals surface area contributed by atoms with Gasteiger partial charge in [0.25, 0.3) is 0 Å². The molecular weight excluding hydrogens is 224 g/mol. The van der Waals surface area contributed by atoms with Crippen LogP contribution in [-0.4, -0.2) is 24.7 Å². The summed E-state index contributed by atoms with van der Waals surface area (Å²) in [7, 11) is 1.73. The number of nitrogens with one attached hydrogen (secondary N) is 1. The first-order valence-corrected chi connectivity index (χ1v) is 6.82. The largest absolute Gasteiger partial charge is 0.496 e. The van der Waals surface area contributed by atoms with Gasteiger partial charge in [-0.05, 0) is 46.6 Å². The van der Waals surface area contributed by atoms with E-state index in [1.54, 1.807) is 7.11 Å². The lowest BCUT2D eigenvalue weighted by molar-refractivity contribution is 0.406. The lowest BCUT2D eigenvalue weighted by Gasteiger charge is -2.15. The third kappa shape index (κ3) is 3.98. The maximum Gasteiger partial charge on any atom is 0.128 e. The van der Waals surface area contributed by atoms with Gasteiger partial charge >= 0.3 is 0 Å². The molecule has 0 saturated heterocycles. The van der Waals surface area contributed by atoms with E-state index in [0.29, 0.717) is 6.04 Å². The van der Waals surface area contributed by atoms with Crippen molar-refractivity contribution in [2.45, 2.75) is 53.0 Å². The van der Waals surface area contributed by atoms with Crippen LogP contribution < -0.4 is 10.1 Å². The molecule has 3 heteroatoms. The predicted octanol–water partition coefficient (Wildman–Crippen LogP) is 3.03. The van der Waals surface area contributed by atoms with Gasteiger partial charge in [0.2, 0.25) is 0 Å². The first kappa shape index (κ1) is 15.0. The predicted molar refractivity (Wildman–Crippen MR) is 76.3 cm³/mol. The minimum Gasteiger partial charge on any atom is -0.496 e. The van der Waals surface area contributed by atoms with Crippen LogP contribution in [0.3, 0.4) is 0 Å². The van der Waals surface area contributed by atoms with Crippen LogP contribution in [0.4, 0.5) is 0 Å². The molecule has 102 valence electrons. The number of methoxy groups -OCH3 is 1. The molecule has 0 aromatic carbocycles. The van der Waals surface area contributed by atoms with Crippen LogP contribution in [0.25, 0.3) is 0 Å². The average Bonchev–Trinajstić information content (AvgIpc) is 2.36. The molecule has 1 aromatic rings. The molecule has 1 N–H and O–H groups in total. The summed E-state index contributed by atoms with van der Waals surface area (Å²) in [5.41, 5.74) is 3.44. The van der Waals surface area contributed by atoms with Gasteiger partial charge in [-0.25, -0.2) is 0 Å². The van der Waals surface area contributed by atoms with Crippen molar-refractivity contribution in [2.75, 3.05) is 13.7 Å². The van der Waals surface area contributed by atoms with Gasteiger partial charge in [-0.3, -0.25) is 4.98 Å². The minimum absolute atomic E-state index is 0.540. The number of pyridine rings is 1.